The Kier molecular flexibility index (Phi) is 2.74. The number of carbonyl (C=O) groups excluding carboxylic acids is 1. The summed E-state index contributed by atoms with van der Waals surface area (Å²) in [6, 6.07) is -1.61. The highest BCUT2D eigenvalue weighted by Gasteiger charge is 2.27. The molecule has 128 valence electrons. The van der Waals surface area contributed by atoms with Crippen LogP contribution in [-0.2, 0) is 0 Å². The SMILES string of the molecule is [2H]C([2H])([2H])C1C([2H])([2H])CC(Nc2nc(NC(C)(C)C)ncc2C(N)=O)C([2H])([2H])C1([2H])O. The summed E-state index contributed by atoms with van der Waals surface area (Å²) in [5.74, 6) is -3.41. The third-order valence-electron chi connectivity index (χ3n) is 2.97. The summed E-state index contributed by atoms with van der Waals surface area (Å²) in [5.41, 5.74) is 4.66. The lowest BCUT2D eigenvalue weighted by molar-refractivity contribution is 0.0739. The van der Waals surface area contributed by atoms with Gasteiger partial charge in [0.15, 0.2) is 0 Å². The smallest absolute Gasteiger partial charge is 0.254 e. The highest BCUT2D eigenvalue weighted by Crippen LogP contribution is 2.27. The second-order valence-corrected chi connectivity index (χ2v) is 6.26. The Morgan fingerprint density at radius 1 is 1.61 bits per heavy atom. The molecule has 7 nitrogen and oxygen atoms in total. The van der Waals surface area contributed by atoms with Crippen molar-refractivity contribution in [3.8, 4) is 0 Å². The molecule has 0 spiro atoms. The summed E-state index contributed by atoms with van der Waals surface area (Å²) >= 11 is 0. The third kappa shape index (κ3) is 4.79. The Bertz CT molecular complexity index is 853. The molecule has 7 heteroatoms. The van der Waals surface area contributed by atoms with Crippen molar-refractivity contribution in [2.24, 2.45) is 11.7 Å². The number of nitrogens with zero attached hydrogens (tertiary/aromatic N) is 2. The first-order valence-electron chi connectivity index (χ1n) is 11.1. The number of nitrogens with two attached hydrogens (primary N) is 1. The van der Waals surface area contributed by atoms with Gasteiger partial charge in [-0.05, 0) is 45.9 Å². The number of nitrogens with one attached hydrogen (secondary N) is 2. The van der Waals surface area contributed by atoms with Crippen molar-refractivity contribution in [2.45, 2.75) is 64.5 Å². The molecule has 0 radical (unpaired) electrons. The molecule has 0 saturated heterocycles. The lowest BCUT2D eigenvalue weighted by Gasteiger charge is -2.32. The van der Waals surface area contributed by atoms with Crippen LogP contribution in [0.5, 0.6) is 0 Å². The molecule has 1 amide bonds. The maximum Gasteiger partial charge on any atom is 0.254 e. The number of aromatic nitrogens is 2. The van der Waals surface area contributed by atoms with Gasteiger partial charge >= 0.3 is 0 Å². The van der Waals surface area contributed by atoms with E-state index in [1.54, 1.807) is 0 Å². The van der Waals surface area contributed by atoms with Crippen molar-refractivity contribution in [3.05, 3.63) is 11.8 Å². The number of primary amides is 1. The van der Waals surface area contributed by atoms with E-state index in [-0.39, 0.29) is 17.3 Å². The summed E-state index contributed by atoms with van der Waals surface area (Å²) in [4.78, 5) is 19.9. The Morgan fingerprint density at radius 3 is 2.96 bits per heavy atom. The van der Waals surface area contributed by atoms with E-state index in [1.165, 1.54) is 0 Å². The van der Waals surface area contributed by atoms with Crippen LogP contribution < -0.4 is 16.4 Å². The highest BCUT2D eigenvalue weighted by atomic mass is 16.3. The van der Waals surface area contributed by atoms with Crippen molar-refractivity contribution in [1.29, 1.82) is 0 Å². The van der Waals surface area contributed by atoms with Gasteiger partial charge in [-0.25, -0.2) is 4.98 Å². The van der Waals surface area contributed by atoms with Gasteiger partial charge in [0, 0.05) is 27.4 Å². The first-order chi connectivity index (χ1) is 13.7. The largest absolute Gasteiger partial charge is 0.393 e. The van der Waals surface area contributed by atoms with Gasteiger partial charge in [-0.3, -0.25) is 4.79 Å². The molecule has 1 aliphatic carbocycles. The maximum absolute atomic E-state index is 11.8. The minimum Gasteiger partial charge on any atom is -0.393 e. The highest BCUT2D eigenvalue weighted by molar-refractivity contribution is 5.97. The van der Waals surface area contributed by atoms with E-state index in [4.69, 9.17) is 16.7 Å². The van der Waals surface area contributed by atoms with Gasteiger partial charge in [0.25, 0.3) is 5.91 Å². The number of hydrogen-bond acceptors (Lipinski definition) is 6. The summed E-state index contributed by atoms with van der Waals surface area (Å²) < 4.78 is 63.6. The molecule has 1 heterocycles. The van der Waals surface area contributed by atoms with Crippen molar-refractivity contribution < 1.29 is 20.9 Å². The number of anilines is 2. The maximum atomic E-state index is 11.8. The number of carbonyl (C=O) groups is 1. The number of aliphatic hydroxyl groups is 1. The molecule has 23 heavy (non-hydrogen) atoms. The zero-order chi connectivity index (χ0) is 24.2. The first-order valence-corrected chi connectivity index (χ1v) is 7.14. The van der Waals surface area contributed by atoms with Gasteiger partial charge in [0.05, 0.1) is 13.0 Å². The zero-order valence-corrected chi connectivity index (χ0v) is 13.3. The van der Waals surface area contributed by atoms with Gasteiger partial charge in [-0.2, -0.15) is 4.98 Å². The van der Waals surface area contributed by atoms with E-state index in [0.717, 1.165) is 6.20 Å². The summed E-state index contributed by atoms with van der Waals surface area (Å²) in [7, 11) is 0. The van der Waals surface area contributed by atoms with Crippen LogP contribution in [0.15, 0.2) is 6.20 Å². The second-order valence-electron chi connectivity index (χ2n) is 6.26. The molecule has 0 aliphatic heterocycles. The molecule has 1 fully saturated rings. The average Bonchev–Trinajstić information content (AvgIpc) is 2.48. The molecule has 0 aromatic carbocycles. The molecular formula is C16H27N5O2. The Labute approximate surface area is 148 Å². The van der Waals surface area contributed by atoms with E-state index in [9.17, 15) is 9.90 Å². The molecule has 1 aromatic rings. The third-order valence-corrected chi connectivity index (χ3v) is 2.97. The lowest BCUT2D eigenvalue weighted by Crippen LogP contribution is -2.36. The lowest BCUT2D eigenvalue weighted by atomic mass is 9.85. The average molecular weight is 329 g/mol. The predicted octanol–water partition coefficient (Wildman–Crippen LogP) is 1.75. The van der Waals surface area contributed by atoms with Crippen LogP contribution in [0, 0.1) is 5.92 Å². The zero-order valence-electron chi connectivity index (χ0n) is 21.3. The molecule has 3 atom stereocenters. The molecule has 5 N–H and O–H groups in total. The van der Waals surface area contributed by atoms with E-state index < -0.39 is 55.5 Å². The Morgan fingerprint density at radius 2 is 2.35 bits per heavy atom. The number of rotatable bonds is 4. The monoisotopic (exact) mass is 329 g/mol. The van der Waals surface area contributed by atoms with Crippen molar-refractivity contribution >= 4 is 17.7 Å². The van der Waals surface area contributed by atoms with Crippen LogP contribution >= 0.6 is 0 Å². The van der Waals surface area contributed by atoms with Gasteiger partial charge in [0.1, 0.15) is 5.82 Å². The Hall–Kier alpha value is -1.89. The van der Waals surface area contributed by atoms with Crippen molar-refractivity contribution in [2.75, 3.05) is 10.6 Å². The number of amides is 1. The van der Waals surface area contributed by atoms with Crippen LogP contribution in [0.1, 0.15) is 68.1 Å². The van der Waals surface area contributed by atoms with E-state index in [1.807, 2.05) is 20.8 Å². The molecule has 1 aromatic heterocycles. The van der Waals surface area contributed by atoms with Crippen LogP contribution in [0.4, 0.5) is 11.8 Å². The second kappa shape index (κ2) is 6.70. The van der Waals surface area contributed by atoms with Crippen LogP contribution in [0.2, 0.25) is 0 Å². The van der Waals surface area contributed by atoms with Crippen molar-refractivity contribution in [1.82, 2.24) is 9.97 Å². The fourth-order valence-electron chi connectivity index (χ4n) is 1.97. The van der Waals surface area contributed by atoms with E-state index >= 15 is 0 Å². The summed E-state index contributed by atoms with van der Waals surface area (Å²) in [6.45, 7) is 2.36. The van der Waals surface area contributed by atoms with Crippen LogP contribution in [-0.4, -0.2) is 38.6 Å². The quantitative estimate of drug-likeness (QED) is 0.669. The minimum atomic E-state index is -3.32. The van der Waals surface area contributed by atoms with Crippen LogP contribution in [0.25, 0.3) is 0 Å². The summed E-state index contributed by atoms with van der Waals surface area (Å²) in [6.07, 6.45) is -8.50. The van der Waals surface area contributed by atoms with Gasteiger partial charge in [-0.1, -0.05) is 6.85 Å². The molecule has 0 bridgehead atoms. The molecule has 1 aliphatic rings. The fraction of sp³-hybridized carbons (Fsp3) is 0.688. The molecule has 2 rings (SSSR count). The van der Waals surface area contributed by atoms with Crippen LogP contribution in [0.3, 0.4) is 0 Å². The van der Waals surface area contributed by atoms with E-state index in [0.29, 0.717) is 0 Å². The van der Waals surface area contributed by atoms with Crippen molar-refractivity contribution in [3.63, 3.8) is 0 Å². The standard InChI is InChI=1S/C16H27N5O2/c1-9-5-6-10(7-12(9)22)19-14-11(13(17)23)8-18-15(20-14)21-16(2,3)4/h8-10,12,22H,5-7H2,1-4H3,(H2,17,23)(H2,18,19,20,21)/i1D3,5D2,7D2,12D. The van der Waals surface area contributed by atoms with E-state index in [2.05, 4.69) is 20.6 Å². The Balaban J connectivity index is 2.53. The number of hydrogen-bond donors (Lipinski definition) is 4. The fourth-order valence-corrected chi connectivity index (χ4v) is 1.97. The molecular weight excluding hydrogens is 294 g/mol. The van der Waals surface area contributed by atoms with Gasteiger partial charge < -0.3 is 21.5 Å². The normalized spacial score (nSPS) is 38.3. The first kappa shape index (κ1) is 9.42. The predicted molar refractivity (Wildman–Crippen MR) is 90.4 cm³/mol. The summed E-state index contributed by atoms with van der Waals surface area (Å²) in [5, 5.41) is 16.1. The molecule has 1 saturated carbocycles. The molecule has 3 unspecified atom stereocenters. The van der Waals surface area contributed by atoms with Gasteiger partial charge in [0.2, 0.25) is 5.95 Å². The minimum absolute atomic E-state index is 0.0703. The topological polar surface area (TPSA) is 113 Å². The van der Waals surface area contributed by atoms with Gasteiger partial charge in [-0.15, -0.1) is 0 Å².